The monoisotopic (exact) mass is 295 g/mol. The van der Waals surface area contributed by atoms with E-state index in [1.165, 1.54) is 18.4 Å². The molecular formula is C16H25NO2S. The zero-order chi connectivity index (χ0) is 14.4. The molecular weight excluding hydrogens is 270 g/mol. The third kappa shape index (κ3) is 5.25. The van der Waals surface area contributed by atoms with Crippen molar-refractivity contribution < 1.29 is 8.42 Å². The summed E-state index contributed by atoms with van der Waals surface area (Å²) in [4.78, 5) is 0. The lowest BCUT2D eigenvalue weighted by Gasteiger charge is -2.18. The third-order valence-corrected chi connectivity index (χ3v) is 5.68. The van der Waals surface area contributed by atoms with Gasteiger partial charge in [0.25, 0.3) is 0 Å². The smallest absolute Gasteiger partial charge is 0.150 e. The standard InChI is InChI=1S/C16H25NO2S/c1-2-11-20(18,19)12-10-15(13-17-16-8-9-16)14-6-4-3-5-7-14/h3-7,15-17H,2,8-13H2,1H3. The molecule has 0 heterocycles. The maximum atomic E-state index is 11.9. The van der Waals surface area contributed by atoms with Crippen molar-refractivity contribution >= 4 is 9.84 Å². The largest absolute Gasteiger partial charge is 0.313 e. The Bertz CT molecular complexity index is 494. The Balaban J connectivity index is 1.95. The first-order valence-electron chi connectivity index (χ1n) is 7.59. The maximum Gasteiger partial charge on any atom is 0.150 e. The summed E-state index contributed by atoms with van der Waals surface area (Å²) in [5.41, 5.74) is 1.24. The second kappa shape index (κ2) is 7.23. The van der Waals surface area contributed by atoms with Gasteiger partial charge in [0.2, 0.25) is 0 Å². The molecule has 0 amide bonds. The highest BCUT2D eigenvalue weighted by Gasteiger charge is 2.23. The first kappa shape index (κ1) is 15.5. The molecule has 1 N–H and O–H groups in total. The number of rotatable bonds is 9. The summed E-state index contributed by atoms with van der Waals surface area (Å²) in [5, 5.41) is 3.53. The lowest BCUT2D eigenvalue weighted by atomic mass is 9.96. The fraction of sp³-hybridized carbons (Fsp3) is 0.625. The van der Waals surface area contributed by atoms with E-state index in [0.29, 0.717) is 36.3 Å². The Morgan fingerprint density at radius 1 is 1.20 bits per heavy atom. The van der Waals surface area contributed by atoms with Gasteiger partial charge in [-0.1, -0.05) is 37.3 Å². The van der Waals surface area contributed by atoms with E-state index in [2.05, 4.69) is 17.4 Å². The average Bonchev–Trinajstić information content (AvgIpc) is 3.24. The summed E-state index contributed by atoms with van der Waals surface area (Å²) >= 11 is 0. The van der Waals surface area contributed by atoms with Crippen LogP contribution in [0.15, 0.2) is 30.3 Å². The van der Waals surface area contributed by atoms with E-state index in [4.69, 9.17) is 0 Å². The topological polar surface area (TPSA) is 46.2 Å². The fourth-order valence-corrected chi connectivity index (χ4v) is 3.91. The summed E-state index contributed by atoms with van der Waals surface area (Å²) in [7, 11) is -2.89. The van der Waals surface area contributed by atoms with Gasteiger partial charge in [-0.25, -0.2) is 8.42 Å². The van der Waals surface area contributed by atoms with Crippen LogP contribution in [-0.2, 0) is 9.84 Å². The predicted octanol–water partition coefficient (Wildman–Crippen LogP) is 2.74. The maximum absolute atomic E-state index is 11.9. The van der Waals surface area contributed by atoms with Crippen molar-refractivity contribution in [3.63, 3.8) is 0 Å². The Morgan fingerprint density at radius 2 is 1.90 bits per heavy atom. The SMILES string of the molecule is CCCS(=O)(=O)CCC(CNC1CC1)c1ccccc1. The molecule has 20 heavy (non-hydrogen) atoms. The second-order valence-corrected chi connectivity index (χ2v) is 8.03. The van der Waals surface area contributed by atoms with Crippen molar-refractivity contribution in [3.05, 3.63) is 35.9 Å². The first-order chi connectivity index (χ1) is 9.61. The minimum atomic E-state index is -2.89. The van der Waals surface area contributed by atoms with E-state index < -0.39 is 9.84 Å². The third-order valence-electron chi connectivity index (χ3n) is 3.79. The number of sulfone groups is 1. The molecule has 0 saturated heterocycles. The number of nitrogens with one attached hydrogen (secondary N) is 1. The van der Waals surface area contributed by atoms with Crippen molar-refractivity contribution in [2.75, 3.05) is 18.1 Å². The van der Waals surface area contributed by atoms with Crippen molar-refractivity contribution in [2.24, 2.45) is 0 Å². The van der Waals surface area contributed by atoms with Crippen LogP contribution in [0.1, 0.15) is 44.1 Å². The molecule has 1 aliphatic carbocycles. The molecule has 0 aromatic heterocycles. The molecule has 0 spiro atoms. The summed E-state index contributed by atoms with van der Waals surface area (Å²) in [5.74, 6) is 0.903. The molecule has 1 saturated carbocycles. The minimum absolute atomic E-state index is 0.295. The summed E-state index contributed by atoms with van der Waals surface area (Å²) in [6.07, 6.45) is 3.94. The Labute approximate surface area is 122 Å². The molecule has 4 heteroatoms. The van der Waals surface area contributed by atoms with E-state index >= 15 is 0 Å². The van der Waals surface area contributed by atoms with Crippen LogP contribution in [0.2, 0.25) is 0 Å². The van der Waals surface area contributed by atoms with E-state index in [-0.39, 0.29) is 0 Å². The van der Waals surface area contributed by atoms with Gasteiger partial charge in [0.1, 0.15) is 9.84 Å². The molecule has 0 aliphatic heterocycles. The minimum Gasteiger partial charge on any atom is -0.313 e. The van der Waals surface area contributed by atoms with Crippen LogP contribution in [0.25, 0.3) is 0 Å². The van der Waals surface area contributed by atoms with Gasteiger partial charge < -0.3 is 5.32 Å². The molecule has 112 valence electrons. The zero-order valence-electron chi connectivity index (χ0n) is 12.2. The molecule has 1 aromatic rings. The molecule has 1 aromatic carbocycles. The number of benzene rings is 1. The normalized spacial score (nSPS) is 17.1. The van der Waals surface area contributed by atoms with Gasteiger partial charge in [0, 0.05) is 18.3 Å². The Kier molecular flexibility index (Phi) is 5.61. The lowest BCUT2D eigenvalue weighted by molar-refractivity contribution is 0.553. The van der Waals surface area contributed by atoms with Crippen LogP contribution in [0.4, 0.5) is 0 Å². The molecule has 1 aliphatic rings. The van der Waals surface area contributed by atoms with Crippen molar-refractivity contribution in [1.29, 1.82) is 0 Å². The van der Waals surface area contributed by atoms with Crippen LogP contribution < -0.4 is 5.32 Å². The summed E-state index contributed by atoms with van der Waals surface area (Å²) in [6.45, 7) is 2.80. The molecule has 1 fully saturated rings. The quantitative estimate of drug-likeness (QED) is 0.762. The van der Waals surface area contributed by atoms with Crippen LogP contribution in [-0.4, -0.2) is 32.5 Å². The van der Waals surface area contributed by atoms with Gasteiger partial charge in [-0.3, -0.25) is 0 Å². The molecule has 0 bridgehead atoms. The Hall–Kier alpha value is -0.870. The van der Waals surface area contributed by atoms with E-state index in [1.54, 1.807) is 0 Å². The highest BCUT2D eigenvalue weighted by atomic mass is 32.2. The van der Waals surface area contributed by atoms with E-state index in [1.807, 2.05) is 25.1 Å². The van der Waals surface area contributed by atoms with Crippen LogP contribution in [0, 0.1) is 0 Å². The highest BCUT2D eigenvalue weighted by molar-refractivity contribution is 7.91. The van der Waals surface area contributed by atoms with Gasteiger partial charge in [0.05, 0.1) is 5.75 Å². The fourth-order valence-electron chi connectivity index (χ4n) is 2.44. The summed E-state index contributed by atoms with van der Waals surface area (Å²) in [6, 6.07) is 10.9. The molecule has 1 unspecified atom stereocenters. The first-order valence-corrected chi connectivity index (χ1v) is 9.41. The van der Waals surface area contributed by atoms with Crippen molar-refractivity contribution in [2.45, 2.75) is 44.6 Å². The molecule has 0 radical (unpaired) electrons. The lowest BCUT2D eigenvalue weighted by Crippen LogP contribution is -2.25. The molecule has 1 atom stereocenters. The number of hydrogen-bond donors (Lipinski definition) is 1. The zero-order valence-corrected chi connectivity index (χ0v) is 13.0. The predicted molar refractivity (Wildman–Crippen MR) is 83.8 cm³/mol. The molecule has 3 nitrogen and oxygen atoms in total. The van der Waals surface area contributed by atoms with Gasteiger partial charge in [0.15, 0.2) is 0 Å². The van der Waals surface area contributed by atoms with Gasteiger partial charge in [-0.05, 0) is 37.2 Å². The molecule has 2 rings (SSSR count). The Morgan fingerprint density at radius 3 is 2.50 bits per heavy atom. The van der Waals surface area contributed by atoms with E-state index in [0.717, 1.165) is 6.54 Å². The van der Waals surface area contributed by atoms with Crippen LogP contribution in [0.3, 0.4) is 0 Å². The van der Waals surface area contributed by atoms with Crippen molar-refractivity contribution in [3.8, 4) is 0 Å². The van der Waals surface area contributed by atoms with Crippen molar-refractivity contribution in [1.82, 2.24) is 5.32 Å². The number of hydrogen-bond acceptors (Lipinski definition) is 3. The van der Waals surface area contributed by atoms with Gasteiger partial charge >= 0.3 is 0 Å². The highest BCUT2D eigenvalue weighted by Crippen LogP contribution is 2.23. The second-order valence-electron chi connectivity index (χ2n) is 5.73. The van der Waals surface area contributed by atoms with Gasteiger partial charge in [-0.15, -0.1) is 0 Å². The summed E-state index contributed by atoms with van der Waals surface area (Å²) < 4.78 is 23.8. The van der Waals surface area contributed by atoms with Crippen LogP contribution in [0.5, 0.6) is 0 Å². The van der Waals surface area contributed by atoms with E-state index in [9.17, 15) is 8.42 Å². The average molecular weight is 295 g/mol. The van der Waals surface area contributed by atoms with Crippen LogP contribution >= 0.6 is 0 Å². The van der Waals surface area contributed by atoms with Gasteiger partial charge in [-0.2, -0.15) is 0 Å².